The van der Waals surface area contributed by atoms with Gasteiger partial charge in [0.15, 0.2) is 5.01 Å². The van der Waals surface area contributed by atoms with Crippen molar-refractivity contribution in [3.05, 3.63) is 35.9 Å². The van der Waals surface area contributed by atoms with Gasteiger partial charge in [-0.25, -0.2) is 4.21 Å². The molecule has 0 N–H and O–H groups in total. The van der Waals surface area contributed by atoms with Gasteiger partial charge >= 0.3 is 0 Å². The maximum atomic E-state index is 10.1. The topological polar surface area (TPSA) is 49.4 Å². The van der Waals surface area contributed by atoms with Crippen LogP contribution in [0.3, 0.4) is 0 Å². The Labute approximate surface area is 81.4 Å². The first-order valence-electron chi connectivity index (χ1n) is 3.15. The second-order valence-electron chi connectivity index (χ2n) is 2.03. The van der Waals surface area contributed by atoms with Crippen LogP contribution in [-0.2, 0) is 15.5 Å². The molecule has 0 bridgehead atoms. The maximum Gasteiger partial charge on any atom is 0.153 e. The second-order valence-corrected chi connectivity index (χ2v) is 3.46. The van der Waals surface area contributed by atoms with Gasteiger partial charge < -0.3 is 4.55 Å². The molecule has 2 unspecified atom stereocenters. The molecule has 5 heteroatoms. The standard InChI is InChI=1S/C7H7BrO3S/c8-7(11-12(9)10)6-4-2-1-3-5-6/h1-5,7H,(H,9,10)/p-1. The van der Waals surface area contributed by atoms with Gasteiger partial charge in [-0.05, 0) is 5.56 Å². The molecule has 2 atom stereocenters. The molecule has 0 aliphatic rings. The molecule has 1 aromatic rings. The number of hydrogen-bond acceptors (Lipinski definition) is 3. The molecule has 66 valence electrons. The van der Waals surface area contributed by atoms with Gasteiger partial charge in [-0.1, -0.05) is 46.3 Å². The summed E-state index contributed by atoms with van der Waals surface area (Å²) in [6, 6.07) is 9.00. The van der Waals surface area contributed by atoms with Gasteiger partial charge in [-0.15, -0.1) is 0 Å². The fourth-order valence-electron chi connectivity index (χ4n) is 0.729. The van der Waals surface area contributed by atoms with E-state index in [0.29, 0.717) is 0 Å². The molecule has 0 heterocycles. The van der Waals surface area contributed by atoms with Gasteiger partial charge in [0.05, 0.1) is 11.4 Å². The van der Waals surface area contributed by atoms with Crippen molar-refractivity contribution < 1.29 is 12.9 Å². The molecule has 12 heavy (non-hydrogen) atoms. The molecule has 0 spiro atoms. The molecule has 0 aliphatic heterocycles. The van der Waals surface area contributed by atoms with Gasteiger partial charge in [-0.3, -0.25) is 4.18 Å². The highest BCUT2D eigenvalue weighted by molar-refractivity contribution is 9.09. The molecule has 0 aliphatic carbocycles. The second kappa shape index (κ2) is 4.71. The molecule has 0 radical (unpaired) electrons. The van der Waals surface area contributed by atoms with Crippen LogP contribution in [0.25, 0.3) is 0 Å². The molecular weight excluding hydrogens is 244 g/mol. The fraction of sp³-hybridized carbons (Fsp3) is 0.143. The Morgan fingerprint density at radius 3 is 2.50 bits per heavy atom. The molecule has 1 aromatic carbocycles. The molecule has 0 amide bonds. The van der Waals surface area contributed by atoms with E-state index in [2.05, 4.69) is 20.1 Å². The fourth-order valence-corrected chi connectivity index (χ4v) is 1.66. The van der Waals surface area contributed by atoms with Crippen LogP contribution in [0.5, 0.6) is 0 Å². The van der Waals surface area contributed by atoms with E-state index in [-0.39, 0.29) is 0 Å². The van der Waals surface area contributed by atoms with E-state index in [9.17, 15) is 8.76 Å². The highest BCUT2D eigenvalue weighted by atomic mass is 79.9. The van der Waals surface area contributed by atoms with Crippen LogP contribution in [-0.4, -0.2) is 8.76 Å². The Balaban J connectivity index is 2.65. The Bertz CT molecular complexity index is 265. The van der Waals surface area contributed by atoms with Crippen LogP contribution in [0.2, 0.25) is 0 Å². The van der Waals surface area contributed by atoms with E-state index in [1.165, 1.54) is 0 Å². The zero-order chi connectivity index (χ0) is 8.97. The number of benzene rings is 1. The summed E-state index contributed by atoms with van der Waals surface area (Å²) in [6.07, 6.45) is 0. The van der Waals surface area contributed by atoms with Gasteiger partial charge in [0.2, 0.25) is 0 Å². The minimum absolute atomic E-state index is 0.600. The van der Waals surface area contributed by atoms with Crippen LogP contribution in [0, 0.1) is 0 Å². The maximum absolute atomic E-state index is 10.1. The van der Waals surface area contributed by atoms with Crippen molar-refractivity contribution in [2.45, 2.75) is 5.01 Å². The van der Waals surface area contributed by atoms with Crippen molar-refractivity contribution in [3.8, 4) is 0 Å². The quantitative estimate of drug-likeness (QED) is 0.608. The smallest absolute Gasteiger partial charge is 0.153 e. The Morgan fingerprint density at radius 1 is 1.42 bits per heavy atom. The molecule has 0 saturated carbocycles. The Hall–Kier alpha value is -0.230. The van der Waals surface area contributed by atoms with E-state index >= 15 is 0 Å². The van der Waals surface area contributed by atoms with Crippen molar-refractivity contribution in [2.75, 3.05) is 0 Å². The average Bonchev–Trinajstić information content (AvgIpc) is 2.05. The summed E-state index contributed by atoms with van der Waals surface area (Å²) >= 11 is 0.578. The summed E-state index contributed by atoms with van der Waals surface area (Å²) in [4.78, 5) is 0. The summed E-state index contributed by atoms with van der Waals surface area (Å²) in [5, 5.41) is -0.600. The van der Waals surface area contributed by atoms with Crippen molar-refractivity contribution >= 4 is 27.3 Å². The molecular formula is C7H6BrO3S-. The SMILES string of the molecule is O=S([O-])OC(Br)c1ccccc1. The van der Waals surface area contributed by atoms with E-state index in [4.69, 9.17) is 0 Å². The Morgan fingerprint density at radius 2 is 2.00 bits per heavy atom. The van der Waals surface area contributed by atoms with E-state index in [1.807, 2.05) is 6.07 Å². The number of halogens is 1. The lowest BCUT2D eigenvalue weighted by atomic mass is 10.2. The lowest BCUT2D eigenvalue weighted by molar-refractivity contribution is 0.287. The average molecular weight is 250 g/mol. The van der Waals surface area contributed by atoms with Crippen LogP contribution in [0.4, 0.5) is 0 Å². The highest BCUT2D eigenvalue weighted by Crippen LogP contribution is 2.23. The first-order chi connectivity index (χ1) is 5.70. The third-order valence-electron chi connectivity index (χ3n) is 1.22. The predicted molar refractivity (Wildman–Crippen MR) is 48.1 cm³/mol. The van der Waals surface area contributed by atoms with Gasteiger partial charge in [0.1, 0.15) is 0 Å². The summed E-state index contributed by atoms with van der Waals surface area (Å²) in [6.45, 7) is 0. The zero-order valence-electron chi connectivity index (χ0n) is 5.98. The molecule has 3 nitrogen and oxygen atoms in total. The molecule has 0 saturated heterocycles. The minimum Gasteiger partial charge on any atom is -0.750 e. The van der Waals surface area contributed by atoms with E-state index in [0.717, 1.165) is 5.56 Å². The largest absolute Gasteiger partial charge is 0.750 e. The third kappa shape index (κ3) is 3.02. The van der Waals surface area contributed by atoms with Crippen molar-refractivity contribution in [2.24, 2.45) is 0 Å². The van der Waals surface area contributed by atoms with Crippen LogP contribution < -0.4 is 0 Å². The first-order valence-corrected chi connectivity index (χ1v) is 5.07. The van der Waals surface area contributed by atoms with Crippen LogP contribution in [0.15, 0.2) is 30.3 Å². The highest BCUT2D eigenvalue weighted by Gasteiger charge is 2.06. The zero-order valence-corrected chi connectivity index (χ0v) is 8.38. The lowest BCUT2D eigenvalue weighted by Crippen LogP contribution is -1.99. The molecule has 0 fully saturated rings. The normalized spacial score (nSPS) is 15.5. The molecule has 0 aromatic heterocycles. The van der Waals surface area contributed by atoms with Crippen molar-refractivity contribution in [1.29, 1.82) is 0 Å². The van der Waals surface area contributed by atoms with Gasteiger partial charge in [0, 0.05) is 0 Å². The number of alkyl halides is 1. The van der Waals surface area contributed by atoms with E-state index < -0.39 is 16.4 Å². The molecule has 1 rings (SSSR count). The van der Waals surface area contributed by atoms with Gasteiger partial charge in [-0.2, -0.15) is 0 Å². The Kier molecular flexibility index (Phi) is 3.87. The van der Waals surface area contributed by atoms with Crippen molar-refractivity contribution in [3.63, 3.8) is 0 Å². The summed E-state index contributed by atoms with van der Waals surface area (Å²) in [7, 11) is 0. The summed E-state index contributed by atoms with van der Waals surface area (Å²) in [5.74, 6) is 0. The first kappa shape index (κ1) is 9.85. The predicted octanol–water partition coefficient (Wildman–Crippen LogP) is 1.89. The van der Waals surface area contributed by atoms with Crippen molar-refractivity contribution in [1.82, 2.24) is 0 Å². The number of rotatable bonds is 3. The van der Waals surface area contributed by atoms with Crippen LogP contribution >= 0.6 is 15.9 Å². The van der Waals surface area contributed by atoms with E-state index in [1.54, 1.807) is 24.3 Å². The lowest BCUT2D eigenvalue weighted by Gasteiger charge is -2.11. The third-order valence-corrected chi connectivity index (χ3v) is 2.54. The minimum atomic E-state index is -2.49. The summed E-state index contributed by atoms with van der Waals surface area (Å²) in [5.41, 5.74) is 0.765. The van der Waals surface area contributed by atoms with Crippen LogP contribution in [0.1, 0.15) is 10.6 Å². The monoisotopic (exact) mass is 249 g/mol. The summed E-state index contributed by atoms with van der Waals surface area (Å²) < 4.78 is 24.7. The van der Waals surface area contributed by atoms with Gasteiger partial charge in [0.25, 0.3) is 0 Å². The number of hydrogen-bond donors (Lipinski definition) is 0.